The smallest absolute Gasteiger partial charge is 0.204 e. The second kappa shape index (κ2) is 7.88. The first-order valence-electron chi connectivity index (χ1n) is 8.40. The lowest BCUT2D eigenvalue weighted by Gasteiger charge is -2.26. The van der Waals surface area contributed by atoms with Crippen LogP contribution in [0.15, 0.2) is 48.7 Å². The van der Waals surface area contributed by atoms with Crippen molar-refractivity contribution in [3.63, 3.8) is 0 Å². The molecular formula is C20H22N2O2. The van der Waals surface area contributed by atoms with E-state index in [1.165, 1.54) is 25.3 Å². The average Bonchev–Trinajstić information content (AvgIpc) is 2.63. The third-order valence-electron chi connectivity index (χ3n) is 4.30. The zero-order chi connectivity index (χ0) is 16.8. The van der Waals surface area contributed by atoms with Crippen LogP contribution in [0.25, 0.3) is 6.08 Å². The van der Waals surface area contributed by atoms with Crippen molar-refractivity contribution in [2.24, 2.45) is 0 Å². The molecule has 2 aromatic rings. The van der Waals surface area contributed by atoms with E-state index < -0.39 is 0 Å². The number of rotatable bonds is 5. The fourth-order valence-corrected chi connectivity index (χ4v) is 2.94. The predicted octanol–water partition coefficient (Wildman–Crippen LogP) is 3.67. The Kier molecular flexibility index (Phi) is 5.39. The lowest BCUT2D eigenvalue weighted by atomic mass is 10.1. The number of hydrogen-bond acceptors (Lipinski definition) is 4. The van der Waals surface area contributed by atoms with Crippen molar-refractivity contribution in [2.75, 3.05) is 13.1 Å². The van der Waals surface area contributed by atoms with Gasteiger partial charge in [-0.3, -0.25) is 14.7 Å². The molecule has 1 aromatic heterocycles. The van der Waals surface area contributed by atoms with Crippen LogP contribution in [0.2, 0.25) is 0 Å². The molecule has 0 saturated carbocycles. The molecule has 1 fully saturated rings. The number of nitrogens with zero attached hydrogens (tertiary/aromatic N) is 2. The third kappa shape index (κ3) is 4.30. The highest BCUT2D eigenvalue weighted by atomic mass is 16.3. The fourth-order valence-electron chi connectivity index (χ4n) is 2.94. The second-order valence-corrected chi connectivity index (χ2v) is 6.14. The zero-order valence-electron chi connectivity index (χ0n) is 13.7. The van der Waals surface area contributed by atoms with Crippen LogP contribution < -0.4 is 0 Å². The lowest BCUT2D eigenvalue weighted by molar-refractivity contribution is 0.104. The first kappa shape index (κ1) is 16.4. The van der Waals surface area contributed by atoms with Crippen LogP contribution in [0.1, 0.15) is 40.9 Å². The highest BCUT2D eigenvalue weighted by molar-refractivity contribution is 6.05. The largest absolute Gasteiger partial charge is 0.508 e. The maximum Gasteiger partial charge on any atom is 0.204 e. The number of aromatic hydroxyl groups is 1. The summed E-state index contributed by atoms with van der Waals surface area (Å²) < 4.78 is 0. The van der Waals surface area contributed by atoms with Gasteiger partial charge < -0.3 is 5.11 Å². The molecule has 0 radical (unpaired) electrons. The summed E-state index contributed by atoms with van der Waals surface area (Å²) >= 11 is 0. The topological polar surface area (TPSA) is 53.4 Å². The Balaban J connectivity index is 1.65. The van der Waals surface area contributed by atoms with Crippen LogP contribution in [-0.4, -0.2) is 33.9 Å². The molecule has 0 bridgehead atoms. The average molecular weight is 322 g/mol. The minimum absolute atomic E-state index is 0.146. The number of carbonyl (C=O) groups is 1. The van der Waals surface area contributed by atoms with Gasteiger partial charge in [0.2, 0.25) is 5.78 Å². The summed E-state index contributed by atoms with van der Waals surface area (Å²) in [5, 5.41) is 10.2. The van der Waals surface area contributed by atoms with Gasteiger partial charge in [0.25, 0.3) is 0 Å². The van der Waals surface area contributed by atoms with E-state index in [9.17, 15) is 9.90 Å². The number of benzene rings is 1. The Morgan fingerprint density at radius 3 is 2.71 bits per heavy atom. The molecule has 1 aliphatic rings. The number of likely N-dealkylation sites (tertiary alicyclic amines) is 1. The summed E-state index contributed by atoms with van der Waals surface area (Å²) in [7, 11) is 0. The van der Waals surface area contributed by atoms with Crippen molar-refractivity contribution in [1.82, 2.24) is 9.88 Å². The maximum atomic E-state index is 12.0. The molecule has 124 valence electrons. The van der Waals surface area contributed by atoms with Crippen molar-refractivity contribution in [3.05, 3.63) is 65.5 Å². The molecule has 0 amide bonds. The molecular weight excluding hydrogens is 300 g/mol. The lowest BCUT2D eigenvalue weighted by Crippen LogP contribution is -2.29. The number of phenolic OH excluding ortho intramolecular Hbond substituents is 1. The monoisotopic (exact) mass is 322 g/mol. The van der Waals surface area contributed by atoms with Gasteiger partial charge in [0.15, 0.2) is 0 Å². The van der Waals surface area contributed by atoms with E-state index in [-0.39, 0.29) is 11.5 Å². The van der Waals surface area contributed by atoms with Gasteiger partial charge in [-0.2, -0.15) is 0 Å². The number of aromatic nitrogens is 1. The van der Waals surface area contributed by atoms with Gasteiger partial charge in [0, 0.05) is 18.3 Å². The first-order valence-corrected chi connectivity index (χ1v) is 8.40. The Labute approximate surface area is 142 Å². The van der Waals surface area contributed by atoms with E-state index in [1.54, 1.807) is 36.5 Å². The first-order chi connectivity index (χ1) is 11.7. The van der Waals surface area contributed by atoms with Crippen molar-refractivity contribution < 1.29 is 9.90 Å². The van der Waals surface area contributed by atoms with Crippen molar-refractivity contribution >= 4 is 11.9 Å². The number of carbonyl (C=O) groups excluding carboxylic acids is 1. The van der Waals surface area contributed by atoms with Gasteiger partial charge in [-0.15, -0.1) is 0 Å². The summed E-state index contributed by atoms with van der Waals surface area (Å²) in [6.45, 7) is 2.97. The van der Waals surface area contributed by atoms with Gasteiger partial charge in [0.05, 0.1) is 0 Å². The standard InChI is InChI=1S/C20H22N2O2/c23-19(18-6-2-3-11-21-18)10-8-16-7-9-17(20(24)14-16)15-22-12-4-1-5-13-22/h2-3,6-11,14,24H,1,4-5,12-13,15H2/b10-8+. The molecule has 0 unspecified atom stereocenters. The van der Waals surface area contributed by atoms with Crippen LogP contribution in [0, 0.1) is 0 Å². The van der Waals surface area contributed by atoms with Crippen molar-refractivity contribution in [2.45, 2.75) is 25.8 Å². The van der Waals surface area contributed by atoms with Gasteiger partial charge >= 0.3 is 0 Å². The molecule has 1 N–H and O–H groups in total. The van der Waals surface area contributed by atoms with Crippen molar-refractivity contribution in [1.29, 1.82) is 0 Å². The van der Waals surface area contributed by atoms with Crippen LogP contribution in [0.5, 0.6) is 5.75 Å². The molecule has 4 heteroatoms. The molecule has 0 spiro atoms. The molecule has 1 saturated heterocycles. The summed E-state index contributed by atoms with van der Waals surface area (Å²) in [5.74, 6) is 0.139. The summed E-state index contributed by atoms with van der Waals surface area (Å²) in [4.78, 5) is 18.4. The number of ketones is 1. The zero-order valence-corrected chi connectivity index (χ0v) is 13.7. The molecule has 2 heterocycles. The van der Waals surface area contributed by atoms with Crippen molar-refractivity contribution in [3.8, 4) is 5.75 Å². The summed E-state index contributed by atoms with van der Waals surface area (Å²) in [6.07, 6.45) is 8.57. The molecule has 0 aliphatic carbocycles. The van der Waals surface area contributed by atoms with Crippen LogP contribution in [0.4, 0.5) is 0 Å². The van der Waals surface area contributed by atoms with E-state index in [1.807, 2.05) is 12.1 Å². The minimum Gasteiger partial charge on any atom is -0.508 e. The summed E-state index contributed by atoms with van der Waals surface area (Å²) in [6, 6.07) is 10.8. The Morgan fingerprint density at radius 2 is 2.00 bits per heavy atom. The fraction of sp³-hybridized carbons (Fsp3) is 0.300. The number of phenols is 1. The second-order valence-electron chi connectivity index (χ2n) is 6.14. The van der Waals surface area contributed by atoms with Crippen LogP contribution >= 0.6 is 0 Å². The number of allylic oxidation sites excluding steroid dienone is 1. The molecule has 4 nitrogen and oxygen atoms in total. The Hall–Kier alpha value is -2.46. The predicted molar refractivity (Wildman–Crippen MR) is 94.8 cm³/mol. The highest BCUT2D eigenvalue weighted by Crippen LogP contribution is 2.23. The van der Waals surface area contributed by atoms with E-state index >= 15 is 0 Å². The van der Waals surface area contributed by atoms with E-state index in [2.05, 4.69) is 9.88 Å². The highest BCUT2D eigenvalue weighted by Gasteiger charge is 2.12. The maximum absolute atomic E-state index is 12.0. The minimum atomic E-state index is -0.146. The van der Waals surface area contributed by atoms with Gasteiger partial charge in [-0.1, -0.05) is 30.7 Å². The SMILES string of the molecule is O=C(/C=C/c1ccc(CN2CCCCC2)c(O)c1)c1ccccn1. The third-order valence-corrected chi connectivity index (χ3v) is 4.30. The number of pyridine rings is 1. The van der Waals surface area contributed by atoms with E-state index in [0.717, 1.165) is 30.8 Å². The summed E-state index contributed by atoms with van der Waals surface area (Å²) in [5.41, 5.74) is 2.16. The normalized spacial score (nSPS) is 15.7. The molecule has 1 aliphatic heterocycles. The quantitative estimate of drug-likeness (QED) is 0.674. The van der Waals surface area contributed by atoms with Gasteiger partial charge in [-0.25, -0.2) is 0 Å². The number of piperidine rings is 1. The van der Waals surface area contributed by atoms with E-state index in [0.29, 0.717) is 5.69 Å². The molecule has 0 atom stereocenters. The van der Waals surface area contributed by atoms with Gasteiger partial charge in [-0.05, 0) is 55.8 Å². The Morgan fingerprint density at radius 1 is 1.17 bits per heavy atom. The van der Waals surface area contributed by atoms with E-state index in [4.69, 9.17) is 0 Å². The number of hydrogen-bond donors (Lipinski definition) is 1. The molecule has 1 aromatic carbocycles. The Bertz CT molecular complexity index is 720. The molecule has 3 rings (SSSR count). The molecule has 24 heavy (non-hydrogen) atoms. The van der Waals surface area contributed by atoms with Crippen LogP contribution in [-0.2, 0) is 6.54 Å². The van der Waals surface area contributed by atoms with Crippen LogP contribution in [0.3, 0.4) is 0 Å². The van der Waals surface area contributed by atoms with Gasteiger partial charge in [0.1, 0.15) is 11.4 Å².